The molecule has 0 bridgehead atoms. The maximum Gasteiger partial charge on any atom is 0.219 e. The summed E-state index contributed by atoms with van der Waals surface area (Å²) in [4.78, 5) is 4.17. The summed E-state index contributed by atoms with van der Waals surface area (Å²) in [5.41, 5.74) is 1.91. The summed E-state index contributed by atoms with van der Waals surface area (Å²) in [5.74, 6) is 2.58. The average Bonchev–Trinajstić information content (AvgIpc) is 2.48. The summed E-state index contributed by atoms with van der Waals surface area (Å²) in [6.45, 7) is 0. The van der Waals surface area contributed by atoms with Crippen LogP contribution in [-0.4, -0.2) is 12.1 Å². The second-order valence-corrected chi connectivity index (χ2v) is 4.39. The molecule has 3 nitrogen and oxygen atoms in total. The fourth-order valence-corrected chi connectivity index (χ4v) is 1.87. The van der Waals surface area contributed by atoms with E-state index < -0.39 is 0 Å². The number of halogens is 2. The zero-order valence-corrected chi connectivity index (χ0v) is 11.9. The molecule has 19 heavy (non-hydrogen) atoms. The van der Waals surface area contributed by atoms with Gasteiger partial charge >= 0.3 is 0 Å². The topological polar surface area (TPSA) is 31.4 Å². The number of nitrogens with zero attached hydrogens (tertiary/aromatic N) is 1. The van der Waals surface area contributed by atoms with Crippen LogP contribution < -0.4 is 9.47 Å². The van der Waals surface area contributed by atoms with Crippen LogP contribution in [0.15, 0.2) is 36.5 Å². The van der Waals surface area contributed by atoms with Gasteiger partial charge in [0.25, 0.3) is 0 Å². The number of hydrogen-bond acceptors (Lipinski definition) is 3. The molecule has 1 heterocycles. The number of hydrogen-bond donors (Lipinski definition) is 0. The fourth-order valence-electron chi connectivity index (χ4n) is 1.54. The lowest BCUT2D eigenvalue weighted by molar-refractivity contribution is 0.374. The molecule has 1 aromatic carbocycles. The largest absolute Gasteiger partial charge is 0.493 e. The molecule has 0 spiro atoms. The van der Waals surface area contributed by atoms with Crippen molar-refractivity contribution >= 4 is 23.2 Å². The van der Waals surface area contributed by atoms with Crippen LogP contribution >= 0.6 is 23.2 Å². The number of aromatic nitrogens is 1. The Morgan fingerprint density at radius 1 is 1.00 bits per heavy atom. The van der Waals surface area contributed by atoms with Gasteiger partial charge in [-0.05, 0) is 23.3 Å². The van der Waals surface area contributed by atoms with E-state index >= 15 is 0 Å². The molecule has 0 saturated heterocycles. The highest BCUT2D eigenvalue weighted by Gasteiger charge is 2.07. The van der Waals surface area contributed by atoms with Gasteiger partial charge in [-0.1, -0.05) is 12.1 Å². The van der Waals surface area contributed by atoms with Crippen molar-refractivity contribution < 1.29 is 9.47 Å². The van der Waals surface area contributed by atoms with E-state index in [4.69, 9.17) is 32.7 Å². The molecule has 2 rings (SSSR count). The minimum absolute atomic E-state index is 0.430. The van der Waals surface area contributed by atoms with E-state index in [1.807, 2.05) is 24.3 Å². The van der Waals surface area contributed by atoms with Crippen LogP contribution in [0.5, 0.6) is 17.4 Å². The first-order chi connectivity index (χ1) is 9.26. The summed E-state index contributed by atoms with van der Waals surface area (Å²) >= 11 is 11.5. The molecule has 0 aliphatic carbocycles. The molecule has 0 radical (unpaired) electrons. The highest BCUT2D eigenvalue weighted by atomic mass is 35.5. The molecule has 0 N–H and O–H groups in total. The van der Waals surface area contributed by atoms with Crippen LogP contribution in [0.4, 0.5) is 0 Å². The number of pyridine rings is 1. The van der Waals surface area contributed by atoms with Gasteiger partial charge in [0.2, 0.25) is 5.88 Å². The van der Waals surface area contributed by atoms with Gasteiger partial charge in [-0.3, -0.25) is 0 Å². The summed E-state index contributed by atoms with van der Waals surface area (Å²) in [6, 6.07) is 9.18. The molecule has 0 amide bonds. The van der Waals surface area contributed by atoms with Crippen LogP contribution in [0, 0.1) is 0 Å². The minimum atomic E-state index is 0.430. The second-order valence-electron chi connectivity index (χ2n) is 3.86. The van der Waals surface area contributed by atoms with Gasteiger partial charge in [-0.25, -0.2) is 4.98 Å². The Kier molecular flexibility index (Phi) is 4.88. The summed E-state index contributed by atoms with van der Waals surface area (Å²) in [7, 11) is 1.59. The first kappa shape index (κ1) is 14.0. The highest BCUT2D eigenvalue weighted by molar-refractivity contribution is 6.17. The van der Waals surface area contributed by atoms with Gasteiger partial charge in [0.1, 0.15) is 0 Å². The molecular weight excluding hydrogens is 285 g/mol. The molecule has 0 fully saturated rings. The number of rotatable bonds is 5. The van der Waals surface area contributed by atoms with Crippen molar-refractivity contribution in [3.05, 3.63) is 47.7 Å². The number of methoxy groups -OCH3 is 1. The van der Waals surface area contributed by atoms with E-state index in [1.165, 1.54) is 0 Å². The molecule has 1 aromatic heterocycles. The van der Waals surface area contributed by atoms with Crippen molar-refractivity contribution in [1.82, 2.24) is 4.98 Å². The summed E-state index contributed by atoms with van der Waals surface area (Å²) < 4.78 is 10.9. The lowest BCUT2D eigenvalue weighted by Crippen LogP contribution is -1.93. The number of ether oxygens (including phenoxy) is 2. The van der Waals surface area contributed by atoms with Gasteiger partial charge in [-0.2, -0.15) is 0 Å². The van der Waals surface area contributed by atoms with Crippen LogP contribution in [0.2, 0.25) is 0 Å². The highest BCUT2D eigenvalue weighted by Crippen LogP contribution is 2.32. The molecule has 0 aliphatic rings. The van der Waals surface area contributed by atoms with E-state index in [2.05, 4.69) is 4.98 Å². The smallest absolute Gasteiger partial charge is 0.219 e. The summed E-state index contributed by atoms with van der Waals surface area (Å²) in [6.07, 6.45) is 1.68. The van der Waals surface area contributed by atoms with Crippen molar-refractivity contribution in [1.29, 1.82) is 0 Å². The zero-order valence-electron chi connectivity index (χ0n) is 10.4. The van der Waals surface area contributed by atoms with Gasteiger partial charge in [0.05, 0.1) is 7.11 Å². The Balaban J connectivity index is 2.21. The molecule has 0 unspecified atom stereocenters. The van der Waals surface area contributed by atoms with E-state index in [1.54, 1.807) is 19.4 Å². The number of benzene rings is 1. The van der Waals surface area contributed by atoms with Gasteiger partial charge in [0.15, 0.2) is 11.5 Å². The quantitative estimate of drug-likeness (QED) is 0.769. The Morgan fingerprint density at radius 3 is 2.32 bits per heavy atom. The van der Waals surface area contributed by atoms with Crippen molar-refractivity contribution in [3.63, 3.8) is 0 Å². The molecule has 0 atom stereocenters. The lowest BCUT2D eigenvalue weighted by Gasteiger charge is -2.10. The molecule has 0 saturated carbocycles. The average molecular weight is 298 g/mol. The van der Waals surface area contributed by atoms with E-state index in [0.717, 1.165) is 11.1 Å². The van der Waals surface area contributed by atoms with Gasteiger partial charge in [-0.15, -0.1) is 23.2 Å². The molecule has 2 aromatic rings. The standard InChI is InChI=1S/C14H13Cl2NO2/c1-18-13-6-10(7-15)2-4-12(13)19-14-5-3-11(8-16)9-17-14/h2-6,9H,7-8H2,1H3. The molecule has 5 heteroatoms. The third kappa shape index (κ3) is 3.52. The van der Waals surface area contributed by atoms with E-state index in [-0.39, 0.29) is 0 Å². The third-order valence-electron chi connectivity index (χ3n) is 2.55. The summed E-state index contributed by atoms with van der Waals surface area (Å²) in [5, 5.41) is 0. The lowest BCUT2D eigenvalue weighted by atomic mass is 10.2. The monoisotopic (exact) mass is 297 g/mol. The second kappa shape index (κ2) is 6.64. The Hall–Kier alpha value is -1.45. The number of alkyl halides is 2. The molecular formula is C14H13Cl2NO2. The van der Waals surface area contributed by atoms with Gasteiger partial charge < -0.3 is 9.47 Å². The first-order valence-corrected chi connectivity index (χ1v) is 6.75. The van der Waals surface area contributed by atoms with Crippen LogP contribution in [-0.2, 0) is 11.8 Å². The maximum absolute atomic E-state index is 5.78. The normalized spacial score (nSPS) is 10.3. The van der Waals surface area contributed by atoms with Crippen molar-refractivity contribution in [2.24, 2.45) is 0 Å². The van der Waals surface area contributed by atoms with Crippen LogP contribution in [0.25, 0.3) is 0 Å². The van der Waals surface area contributed by atoms with Crippen molar-refractivity contribution in [3.8, 4) is 17.4 Å². The minimum Gasteiger partial charge on any atom is -0.493 e. The zero-order chi connectivity index (χ0) is 13.7. The SMILES string of the molecule is COc1cc(CCl)ccc1Oc1ccc(CCl)cn1. The van der Waals surface area contributed by atoms with E-state index in [9.17, 15) is 0 Å². The third-order valence-corrected chi connectivity index (χ3v) is 3.17. The first-order valence-electron chi connectivity index (χ1n) is 5.68. The predicted octanol–water partition coefficient (Wildman–Crippen LogP) is 4.36. The van der Waals surface area contributed by atoms with Gasteiger partial charge in [0, 0.05) is 24.0 Å². The molecule has 100 valence electrons. The maximum atomic E-state index is 5.78. The van der Waals surface area contributed by atoms with Crippen LogP contribution in [0.3, 0.4) is 0 Å². The predicted molar refractivity (Wildman–Crippen MR) is 76.4 cm³/mol. The van der Waals surface area contributed by atoms with Crippen molar-refractivity contribution in [2.75, 3.05) is 7.11 Å². The fraction of sp³-hybridized carbons (Fsp3) is 0.214. The van der Waals surface area contributed by atoms with E-state index in [0.29, 0.717) is 29.1 Å². The van der Waals surface area contributed by atoms with Crippen molar-refractivity contribution in [2.45, 2.75) is 11.8 Å². The Morgan fingerprint density at radius 2 is 1.74 bits per heavy atom. The Labute approximate surface area is 122 Å². The Bertz CT molecular complexity index is 544. The van der Waals surface area contributed by atoms with Crippen LogP contribution in [0.1, 0.15) is 11.1 Å². The molecule has 0 aliphatic heterocycles.